The smallest absolute Gasteiger partial charge is 0.123 e. The molecule has 0 aliphatic heterocycles. The summed E-state index contributed by atoms with van der Waals surface area (Å²) in [6.07, 6.45) is 2.65. The molecule has 1 aromatic heterocycles. The van der Waals surface area contributed by atoms with Crippen LogP contribution in [0.15, 0.2) is 48.7 Å². The second kappa shape index (κ2) is 8.08. The van der Waals surface area contributed by atoms with Gasteiger partial charge in [-0.2, -0.15) is 0 Å². The molecule has 0 spiro atoms. The summed E-state index contributed by atoms with van der Waals surface area (Å²) in [4.78, 5) is 5.44. The van der Waals surface area contributed by atoms with Crippen molar-refractivity contribution in [1.82, 2.24) is 10.3 Å². The minimum Gasteiger partial charge on any atom is -0.310 e. The van der Waals surface area contributed by atoms with Crippen molar-refractivity contribution in [2.45, 2.75) is 13.0 Å². The molecule has 3 rings (SSSR count). The van der Waals surface area contributed by atoms with Gasteiger partial charge in [-0.05, 0) is 48.4 Å². The number of nitrogens with one attached hydrogen (secondary N) is 1. The Bertz CT molecular complexity index is 818. The first-order valence-corrected chi connectivity index (χ1v) is 9.04. The maximum Gasteiger partial charge on any atom is 0.123 e. The van der Waals surface area contributed by atoms with Gasteiger partial charge in [-0.15, -0.1) is 11.3 Å². The second-order valence-corrected chi connectivity index (χ2v) is 7.25. The van der Waals surface area contributed by atoms with Crippen molar-refractivity contribution in [1.29, 1.82) is 0 Å². The molecule has 0 saturated carbocycles. The van der Waals surface area contributed by atoms with Gasteiger partial charge in [-0.1, -0.05) is 41.4 Å². The highest BCUT2D eigenvalue weighted by molar-refractivity contribution is 7.15. The van der Waals surface area contributed by atoms with E-state index in [9.17, 15) is 4.39 Å². The van der Waals surface area contributed by atoms with Gasteiger partial charge >= 0.3 is 0 Å². The van der Waals surface area contributed by atoms with Gasteiger partial charge < -0.3 is 5.32 Å². The van der Waals surface area contributed by atoms with Crippen molar-refractivity contribution in [3.63, 3.8) is 0 Å². The Kier molecular flexibility index (Phi) is 5.85. The number of thiazole rings is 1. The Labute approximate surface area is 154 Å². The highest BCUT2D eigenvalue weighted by Crippen LogP contribution is 2.26. The lowest BCUT2D eigenvalue weighted by atomic mass is 10.1. The molecule has 3 aromatic rings. The Balaban J connectivity index is 1.51. The molecule has 0 bridgehead atoms. The van der Waals surface area contributed by atoms with E-state index in [0.717, 1.165) is 34.0 Å². The van der Waals surface area contributed by atoms with E-state index in [0.29, 0.717) is 16.6 Å². The van der Waals surface area contributed by atoms with E-state index >= 15 is 0 Å². The molecule has 2 nitrogen and oxygen atoms in total. The topological polar surface area (TPSA) is 24.9 Å². The molecule has 0 atom stereocenters. The van der Waals surface area contributed by atoms with Crippen LogP contribution in [0.3, 0.4) is 0 Å². The number of nitrogens with zero attached hydrogens (tertiary/aromatic N) is 1. The van der Waals surface area contributed by atoms with Crippen LogP contribution in [0, 0.1) is 5.82 Å². The summed E-state index contributed by atoms with van der Waals surface area (Å²) in [6.45, 7) is 1.49. The number of hydrogen-bond acceptors (Lipinski definition) is 3. The van der Waals surface area contributed by atoms with Crippen LogP contribution in [-0.4, -0.2) is 11.5 Å². The first-order valence-electron chi connectivity index (χ1n) is 7.47. The third-order valence-corrected chi connectivity index (χ3v) is 5.18. The van der Waals surface area contributed by atoms with Crippen LogP contribution in [-0.2, 0) is 13.0 Å². The maximum absolute atomic E-state index is 13.0. The zero-order valence-corrected chi connectivity index (χ0v) is 15.1. The molecule has 0 amide bonds. The van der Waals surface area contributed by atoms with Gasteiger partial charge in [0.15, 0.2) is 0 Å². The third kappa shape index (κ3) is 4.54. The summed E-state index contributed by atoms with van der Waals surface area (Å²) < 4.78 is 13.0. The summed E-state index contributed by atoms with van der Waals surface area (Å²) >= 11 is 13.7. The van der Waals surface area contributed by atoms with E-state index in [-0.39, 0.29) is 5.82 Å². The van der Waals surface area contributed by atoms with E-state index in [1.54, 1.807) is 29.5 Å². The molecule has 124 valence electrons. The van der Waals surface area contributed by atoms with Gasteiger partial charge in [0.25, 0.3) is 0 Å². The van der Waals surface area contributed by atoms with Crippen LogP contribution < -0.4 is 5.32 Å². The molecule has 2 aromatic carbocycles. The minimum absolute atomic E-state index is 0.231. The van der Waals surface area contributed by atoms with Crippen LogP contribution in [0.5, 0.6) is 0 Å². The molecule has 6 heteroatoms. The molecule has 0 aliphatic rings. The lowest BCUT2D eigenvalue weighted by Gasteiger charge is -2.05. The lowest BCUT2D eigenvalue weighted by molar-refractivity contribution is 0.628. The number of halogens is 3. The van der Waals surface area contributed by atoms with Crippen LogP contribution in [0.25, 0.3) is 10.4 Å². The van der Waals surface area contributed by atoms with Gasteiger partial charge in [-0.3, -0.25) is 0 Å². The van der Waals surface area contributed by atoms with Crippen molar-refractivity contribution in [2.24, 2.45) is 0 Å². The largest absolute Gasteiger partial charge is 0.310 e. The number of rotatable bonds is 6. The van der Waals surface area contributed by atoms with E-state index < -0.39 is 0 Å². The Hall–Kier alpha value is -1.46. The average molecular weight is 381 g/mol. The third-order valence-electron chi connectivity index (χ3n) is 3.54. The molecular formula is C18H15Cl2FN2S. The summed E-state index contributed by atoms with van der Waals surface area (Å²) in [5.41, 5.74) is 2.05. The van der Waals surface area contributed by atoms with Gasteiger partial charge in [0.2, 0.25) is 0 Å². The summed E-state index contributed by atoms with van der Waals surface area (Å²) in [6, 6.07) is 12.0. The monoisotopic (exact) mass is 380 g/mol. The lowest BCUT2D eigenvalue weighted by Crippen LogP contribution is -2.16. The van der Waals surface area contributed by atoms with E-state index in [1.807, 2.05) is 18.3 Å². The van der Waals surface area contributed by atoms with Crippen molar-refractivity contribution in [3.8, 4) is 10.4 Å². The highest BCUT2D eigenvalue weighted by Gasteiger charge is 2.05. The zero-order valence-electron chi connectivity index (χ0n) is 12.7. The van der Waals surface area contributed by atoms with Crippen LogP contribution in [0.2, 0.25) is 10.0 Å². The van der Waals surface area contributed by atoms with Crippen molar-refractivity contribution in [3.05, 3.63) is 75.1 Å². The van der Waals surface area contributed by atoms with E-state index in [4.69, 9.17) is 23.2 Å². The molecule has 0 unspecified atom stereocenters. The summed E-state index contributed by atoms with van der Waals surface area (Å²) in [5.74, 6) is -0.231. The molecule has 0 radical (unpaired) electrons. The van der Waals surface area contributed by atoms with Crippen molar-refractivity contribution >= 4 is 34.5 Å². The zero-order chi connectivity index (χ0) is 16.9. The Morgan fingerprint density at radius 2 is 1.88 bits per heavy atom. The molecular weight excluding hydrogens is 366 g/mol. The van der Waals surface area contributed by atoms with Crippen molar-refractivity contribution in [2.75, 3.05) is 6.54 Å². The predicted molar refractivity (Wildman–Crippen MR) is 99.4 cm³/mol. The van der Waals surface area contributed by atoms with Gasteiger partial charge in [0, 0.05) is 22.8 Å². The average Bonchev–Trinajstić information content (AvgIpc) is 3.03. The fourth-order valence-electron chi connectivity index (χ4n) is 2.28. The van der Waals surface area contributed by atoms with E-state index in [2.05, 4.69) is 10.3 Å². The maximum atomic E-state index is 13.0. The predicted octanol–water partition coefficient (Wildman–Crippen LogP) is 5.59. The summed E-state index contributed by atoms with van der Waals surface area (Å²) in [5, 5.41) is 5.70. The SMILES string of the molecule is Fc1ccc(-c2cnc(CNCCc3ccc(Cl)cc3Cl)s2)cc1. The van der Waals surface area contributed by atoms with Crippen LogP contribution in [0.1, 0.15) is 10.6 Å². The highest BCUT2D eigenvalue weighted by atomic mass is 35.5. The molecule has 0 saturated heterocycles. The van der Waals surface area contributed by atoms with Gasteiger partial charge in [-0.25, -0.2) is 9.37 Å². The van der Waals surface area contributed by atoms with Crippen molar-refractivity contribution < 1.29 is 4.39 Å². The molecule has 1 N–H and O–H groups in total. The van der Waals surface area contributed by atoms with Crippen LogP contribution in [0.4, 0.5) is 4.39 Å². The minimum atomic E-state index is -0.231. The standard InChI is InChI=1S/C18H15Cl2FN2S/c19-14-4-1-12(16(20)9-14)7-8-22-11-18-23-10-17(24-18)13-2-5-15(21)6-3-13/h1-6,9-10,22H,7-8,11H2. The number of hydrogen-bond donors (Lipinski definition) is 1. The molecule has 24 heavy (non-hydrogen) atoms. The van der Waals surface area contributed by atoms with Gasteiger partial charge in [0.05, 0.1) is 4.88 Å². The quantitative estimate of drug-likeness (QED) is 0.563. The first kappa shape index (κ1) is 17.4. The van der Waals surface area contributed by atoms with Gasteiger partial charge in [0.1, 0.15) is 10.8 Å². The molecule has 1 heterocycles. The van der Waals surface area contributed by atoms with E-state index in [1.165, 1.54) is 12.1 Å². The Morgan fingerprint density at radius 1 is 1.08 bits per heavy atom. The second-order valence-electron chi connectivity index (χ2n) is 5.29. The number of aromatic nitrogens is 1. The Morgan fingerprint density at radius 3 is 2.62 bits per heavy atom. The first-order chi connectivity index (χ1) is 11.6. The fraction of sp³-hybridized carbons (Fsp3) is 0.167. The number of benzene rings is 2. The molecule has 0 aliphatic carbocycles. The fourth-order valence-corrected chi connectivity index (χ4v) is 3.68. The summed E-state index contributed by atoms with van der Waals surface area (Å²) in [7, 11) is 0. The van der Waals surface area contributed by atoms with Crippen LogP contribution >= 0.6 is 34.5 Å². The molecule has 0 fully saturated rings. The normalized spacial score (nSPS) is 11.0.